The van der Waals surface area contributed by atoms with Crippen molar-refractivity contribution in [2.45, 2.75) is 19.9 Å². The highest BCUT2D eigenvalue weighted by molar-refractivity contribution is 7.89. The topological polar surface area (TPSA) is 92.3 Å². The first-order valence-corrected chi connectivity index (χ1v) is 11.7. The fraction of sp³-hybridized carbons (Fsp3) is 0.250. The van der Waals surface area contributed by atoms with Gasteiger partial charge in [-0.25, -0.2) is 18.1 Å². The summed E-state index contributed by atoms with van der Waals surface area (Å²) in [7, 11) is -3.65. The second-order valence-corrected chi connectivity index (χ2v) is 9.55. The number of pyridine rings is 1. The molecular weight excluding hydrogens is 408 g/mol. The highest BCUT2D eigenvalue weighted by Crippen LogP contribution is 2.27. The van der Waals surface area contributed by atoms with Crippen LogP contribution in [0.1, 0.15) is 26.5 Å². The zero-order chi connectivity index (χ0) is 20.9. The van der Waals surface area contributed by atoms with Crippen LogP contribution in [-0.2, 0) is 23.0 Å². The summed E-state index contributed by atoms with van der Waals surface area (Å²) in [6.45, 7) is 3.07. The van der Waals surface area contributed by atoms with Crippen LogP contribution in [0, 0.1) is 6.92 Å². The van der Waals surface area contributed by atoms with Gasteiger partial charge in [0.05, 0.1) is 6.26 Å². The first-order valence-electron chi connectivity index (χ1n) is 8.99. The number of aromatic nitrogens is 2. The third-order valence-electron chi connectivity index (χ3n) is 4.16. The van der Waals surface area contributed by atoms with Gasteiger partial charge in [-0.3, -0.25) is 9.78 Å². The third kappa shape index (κ3) is 6.10. The van der Waals surface area contributed by atoms with Gasteiger partial charge < -0.3 is 4.90 Å². The molecule has 3 aromatic rings. The van der Waals surface area contributed by atoms with Crippen LogP contribution in [0.3, 0.4) is 0 Å². The maximum atomic E-state index is 12.3. The largest absolute Gasteiger partial charge is 0.343 e. The Morgan fingerprint density at radius 3 is 2.52 bits per heavy atom. The van der Waals surface area contributed by atoms with Crippen molar-refractivity contribution in [3.63, 3.8) is 0 Å². The maximum Gasteiger partial charge on any atom is 0.284 e. The molecule has 152 valence electrons. The van der Waals surface area contributed by atoms with E-state index in [9.17, 15) is 13.2 Å². The summed E-state index contributed by atoms with van der Waals surface area (Å²) in [6, 6.07) is 13.9. The summed E-state index contributed by atoms with van der Waals surface area (Å²) in [5.41, 5.74) is 2.36. The van der Waals surface area contributed by atoms with Crippen LogP contribution >= 0.6 is 11.3 Å². The first-order chi connectivity index (χ1) is 13.8. The Morgan fingerprint density at radius 1 is 1.14 bits per heavy atom. The van der Waals surface area contributed by atoms with Crippen molar-refractivity contribution in [2.75, 3.05) is 17.7 Å². The molecule has 0 unspecified atom stereocenters. The molecule has 1 amide bonds. The number of nitrogens with one attached hydrogen (secondary N) is 1. The number of rotatable bonds is 8. The van der Waals surface area contributed by atoms with Crippen LogP contribution in [0.4, 0.5) is 5.13 Å². The average Bonchev–Trinajstić information content (AvgIpc) is 3.07. The van der Waals surface area contributed by atoms with E-state index in [4.69, 9.17) is 0 Å². The van der Waals surface area contributed by atoms with Crippen LogP contribution in [0.5, 0.6) is 0 Å². The first kappa shape index (κ1) is 20.9. The summed E-state index contributed by atoms with van der Waals surface area (Å²) < 4.78 is 24.8. The fourth-order valence-corrected chi connectivity index (χ4v) is 4.17. The number of aryl methyl sites for hydroxylation is 1. The van der Waals surface area contributed by atoms with Gasteiger partial charge >= 0.3 is 0 Å². The Labute approximate surface area is 174 Å². The summed E-state index contributed by atoms with van der Waals surface area (Å²) >= 11 is 1.37. The molecule has 29 heavy (non-hydrogen) atoms. The molecule has 0 aliphatic rings. The van der Waals surface area contributed by atoms with Crippen molar-refractivity contribution in [1.82, 2.24) is 14.7 Å². The van der Waals surface area contributed by atoms with Crippen LogP contribution in [0.15, 0.2) is 54.9 Å². The molecule has 3 rings (SSSR count). The molecule has 9 heteroatoms. The zero-order valence-corrected chi connectivity index (χ0v) is 17.8. The summed E-state index contributed by atoms with van der Waals surface area (Å²) in [4.78, 5) is 23.7. The molecule has 7 nitrogen and oxygen atoms in total. The maximum absolute atomic E-state index is 12.3. The van der Waals surface area contributed by atoms with E-state index in [0.29, 0.717) is 23.1 Å². The number of benzene rings is 1. The second-order valence-electron chi connectivity index (χ2n) is 6.62. The van der Waals surface area contributed by atoms with Crippen molar-refractivity contribution in [3.8, 4) is 0 Å². The zero-order valence-electron chi connectivity index (χ0n) is 16.2. The lowest BCUT2D eigenvalue weighted by atomic mass is 10.2. The number of anilines is 1. The van der Waals surface area contributed by atoms with Crippen LogP contribution < -0.4 is 9.62 Å². The van der Waals surface area contributed by atoms with Gasteiger partial charge in [-0.15, -0.1) is 11.3 Å². The fourth-order valence-electron chi connectivity index (χ4n) is 2.80. The third-order valence-corrected chi connectivity index (χ3v) is 5.75. The van der Waals surface area contributed by atoms with E-state index in [1.54, 1.807) is 13.1 Å². The number of nitrogens with zero attached hydrogens (tertiary/aromatic N) is 3. The van der Waals surface area contributed by atoms with Gasteiger partial charge in [-0.1, -0.05) is 36.4 Å². The minimum atomic E-state index is -3.65. The number of hydrogen-bond donors (Lipinski definition) is 1. The molecule has 0 atom stereocenters. The lowest BCUT2D eigenvalue weighted by Crippen LogP contribution is -2.30. The Kier molecular flexibility index (Phi) is 6.60. The van der Waals surface area contributed by atoms with Crippen molar-refractivity contribution in [2.24, 2.45) is 0 Å². The highest BCUT2D eigenvalue weighted by Gasteiger charge is 2.21. The minimum Gasteiger partial charge on any atom is -0.343 e. The van der Waals surface area contributed by atoms with Crippen molar-refractivity contribution in [1.29, 1.82) is 0 Å². The monoisotopic (exact) mass is 430 g/mol. The number of hydrogen-bond acceptors (Lipinski definition) is 7. The van der Waals surface area contributed by atoms with Crippen LogP contribution in [0.2, 0.25) is 0 Å². The quantitative estimate of drug-likeness (QED) is 0.591. The second kappa shape index (κ2) is 9.15. The SMILES string of the molecule is Cc1sc(N(CCc2cccnc2)Cc2ccccc2)nc1C(=O)NS(C)(=O)=O. The van der Waals surface area contributed by atoms with Crippen molar-refractivity contribution in [3.05, 3.63) is 76.6 Å². The molecule has 0 saturated heterocycles. The van der Waals surface area contributed by atoms with Gasteiger partial charge in [-0.05, 0) is 30.5 Å². The van der Waals surface area contributed by atoms with Crippen LogP contribution in [-0.4, -0.2) is 37.1 Å². The van der Waals surface area contributed by atoms with Crippen molar-refractivity contribution < 1.29 is 13.2 Å². The van der Waals surface area contributed by atoms with E-state index in [1.807, 2.05) is 53.4 Å². The molecule has 0 saturated carbocycles. The lowest BCUT2D eigenvalue weighted by Gasteiger charge is -2.22. The standard InChI is InChI=1S/C20H22N4O3S2/c1-15-18(19(25)23-29(2,26)27)22-20(28-15)24(14-17-7-4-3-5-8-17)12-10-16-9-6-11-21-13-16/h3-9,11,13H,10,12,14H2,1-2H3,(H,23,25). The normalized spacial score (nSPS) is 11.2. The number of amides is 1. The van der Waals surface area contributed by atoms with Gasteiger partial charge in [0.2, 0.25) is 10.0 Å². The van der Waals surface area contributed by atoms with Gasteiger partial charge in [0.15, 0.2) is 5.13 Å². The van der Waals surface area contributed by atoms with E-state index in [1.165, 1.54) is 11.3 Å². The van der Waals surface area contributed by atoms with Gasteiger partial charge in [0.25, 0.3) is 5.91 Å². The van der Waals surface area contributed by atoms with E-state index in [0.717, 1.165) is 23.8 Å². The van der Waals surface area contributed by atoms with Gasteiger partial charge in [0.1, 0.15) is 5.69 Å². The van der Waals surface area contributed by atoms with Crippen LogP contribution in [0.25, 0.3) is 0 Å². The van der Waals surface area contributed by atoms with E-state index in [2.05, 4.69) is 14.9 Å². The smallest absolute Gasteiger partial charge is 0.284 e. The molecule has 0 aliphatic carbocycles. The highest BCUT2D eigenvalue weighted by atomic mass is 32.2. The number of thiazole rings is 1. The lowest BCUT2D eigenvalue weighted by molar-refractivity contribution is 0.0977. The molecular formula is C20H22N4O3S2. The molecule has 0 spiro atoms. The molecule has 0 fully saturated rings. The number of carbonyl (C=O) groups excluding carboxylic acids is 1. The molecule has 0 radical (unpaired) electrons. The van der Waals surface area contributed by atoms with E-state index < -0.39 is 15.9 Å². The summed E-state index contributed by atoms with van der Waals surface area (Å²) in [5, 5.41) is 0.675. The Morgan fingerprint density at radius 2 is 1.86 bits per heavy atom. The van der Waals surface area contributed by atoms with Gasteiger partial charge in [0, 0.05) is 30.4 Å². The Bertz CT molecular complexity index is 1070. The molecule has 0 aliphatic heterocycles. The minimum absolute atomic E-state index is 0.134. The predicted molar refractivity (Wildman–Crippen MR) is 115 cm³/mol. The van der Waals surface area contributed by atoms with Gasteiger partial charge in [-0.2, -0.15) is 0 Å². The Hall–Kier alpha value is -2.78. The predicted octanol–water partition coefficient (Wildman–Crippen LogP) is 2.79. The number of sulfonamides is 1. The summed E-state index contributed by atoms with van der Waals surface area (Å²) in [6.07, 6.45) is 5.29. The average molecular weight is 431 g/mol. The van der Waals surface area contributed by atoms with E-state index >= 15 is 0 Å². The molecule has 1 N–H and O–H groups in total. The van der Waals surface area contributed by atoms with Crippen molar-refractivity contribution >= 4 is 32.4 Å². The molecule has 1 aromatic carbocycles. The summed E-state index contributed by atoms with van der Waals surface area (Å²) in [5.74, 6) is -0.709. The van der Waals surface area contributed by atoms with E-state index in [-0.39, 0.29) is 5.69 Å². The number of carbonyl (C=O) groups is 1. The molecule has 0 bridgehead atoms. The molecule has 2 aromatic heterocycles. The molecule has 2 heterocycles. The Balaban J connectivity index is 1.85.